The maximum absolute atomic E-state index is 11.6. The second-order valence-electron chi connectivity index (χ2n) is 4.39. The van der Waals surface area contributed by atoms with E-state index in [9.17, 15) is 4.79 Å². The lowest BCUT2D eigenvalue weighted by Gasteiger charge is -2.14. The molecule has 0 aromatic rings. The molecule has 1 unspecified atom stereocenters. The Labute approximate surface area is 93.0 Å². The average molecular weight is 212 g/mol. The van der Waals surface area contributed by atoms with E-state index < -0.39 is 0 Å². The Morgan fingerprint density at radius 2 is 2.20 bits per heavy atom. The summed E-state index contributed by atoms with van der Waals surface area (Å²) >= 11 is 0. The van der Waals surface area contributed by atoms with Crippen LogP contribution in [0.2, 0.25) is 0 Å². The van der Waals surface area contributed by atoms with Crippen LogP contribution in [0.5, 0.6) is 0 Å². The average Bonchev–Trinajstić information content (AvgIpc) is 2.72. The molecule has 1 aliphatic rings. The summed E-state index contributed by atoms with van der Waals surface area (Å²) in [7, 11) is 0. The van der Waals surface area contributed by atoms with Gasteiger partial charge in [0.05, 0.1) is 0 Å². The van der Waals surface area contributed by atoms with Crippen molar-refractivity contribution in [2.45, 2.75) is 52.0 Å². The molecule has 15 heavy (non-hydrogen) atoms. The van der Waals surface area contributed by atoms with Crippen molar-refractivity contribution in [3.05, 3.63) is 0 Å². The molecule has 0 saturated carbocycles. The van der Waals surface area contributed by atoms with Crippen LogP contribution in [-0.4, -0.2) is 25.0 Å². The van der Waals surface area contributed by atoms with Gasteiger partial charge in [0.1, 0.15) is 0 Å². The summed E-state index contributed by atoms with van der Waals surface area (Å²) in [5.74, 6) is 0.444. The van der Waals surface area contributed by atoms with E-state index in [1.165, 1.54) is 12.8 Å². The molecule has 3 heteroatoms. The molecule has 0 bridgehead atoms. The number of carbonyl (C=O) groups is 1. The molecule has 0 radical (unpaired) electrons. The Morgan fingerprint density at radius 3 is 2.73 bits per heavy atom. The molecular formula is C12H24N2O. The number of hydrogen-bond acceptors (Lipinski definition) is 2. The normalized spacial score (nSPS) is 20.9. The number of rotatable bonds is 6. The first-order chi connectivity index (χ1) is 7.27. The Kier molecular flexibility index (Phi) is 5.69. The molecule has 1 atom stereocenters. The molecule has 88 valence electrons. The maximum atomic E-state index is 11.6. The van der Waals surface area contributed by atoms with Gasteiger partial charge in [0.2, 0.25) is 5.91 Å². The van der Waals surface area contributed by atoms with E-state index in [2.05, 4.69) is 24.5 Å². The Hall–Kier alpha value is -0.570. The van der Waals surface area contributed by atoms with Gasteiger partial charge in [-0.3, -0.25) is 4.79 Å². The van der Waals surface area contributed by atoms with Gasteiger partial charge in [0, 0.05) is 18.5 Å². The van der Waals surface area contributed by atoms with Crippen molar-refractivity contribution >= 4 is 5.91 Å². The van der Waals surface area contributed by atoms with E-state index in [4.69, 9.17) is 0 Å². The second-order valence-corrected chi connectivity index (χ2v) is 4.39. The molecule has 0 aromatic heterocycles. The molecule has 1 aliphatic heterocycles. The third kappa shape index (κ3) is 4.20. The van der Waals surface area contributed by atoms with Gasteiger partial charge in [-0.15, -0.1) is 0 Å². The summed E-state index contributed by atoms with van der Waals surface area (Å²) in [6.07, 6.45) is 5.52. The lowest BCUT2D eigenvalue weighted by Crippen LogP contribution is -2.34. The Morgan fingerprint density at radius 1 is 1.47 bits per heavy atom. The van der Waals surface area contributed by atoms with E-state index >= 15 is 0 Å². The molecule has 1 rings (SSSR count). The van der Waals surface area contributed by atoms with E-state index in [-0.39, 0.29) is 11.8 Å². The SMILES string of the molecule is CCC(CC)C(=O)NCCC1CCCN1. The summed E-state index contributed by atoms with van der Waals surface area (Å²) in [4.78, 5) is 11.6. The van der Waals surface area contributed by atoms with Crippen LogP contribution >= 0.6 is 0 Å². The molecule has 1 amide bonds. The topological polar surface area (TPSA) is 41.1 Å². The van der Waals surface area contributed by atoms with Gasteiger partial charge >= 0.3 is 0 Å². The van der Waals surface area contributed by atoms with Crippen molar-refractivity contribution in [2.75, 3.05) is 13.1 Å². The van der Waals surface area contributed by atoms with Crippen LogP contribution in [0.4, 0.5) is 0 Å². The molecule has 1 fully saturated rings. The third-order valence-electron chi connectivity index (χ3n) is 3.31. The lowest BCUT2D eigenvalue weighted by molar-refractivity contribution is -0.125. The molecule has 1 heterocycles. The van der Waals surface area contributed by atoms with E-state index in [1.807, 2.05) is 0 Å². The van der Waals surface area contributed by atoms with Gasteiger partial charge in [0.15, 0.2) is 0 Å². The summed E-state index contributed by atoms with van der Waals surface area (Å²) in [5.41, 5.74) is 0. The molecule has 0 aromatic carbocycles. The Bertz CT molecular complexity index is 184. The minimum Gasteiger partial charge on any atom is -0.356 e. The zero-order valence-electron chi connectivity index (χ0n) is 10.0. The van der Waals surface area contributed by atoms with Crippen LogP contribution in [-0.2, 0) is 4.79 Å². The first-order valence-electron chi connectivity index (χ1n) is 6.29. The Balaban J connectivity index is 2.10. The van der Waals surface area contributed by atoms with Gasteiger partial charge in [-0.25, -0.2) is 0 Å². The minimum absolute atomic E-state index is 0.210. The number of hydrogen-bond donors (Lipinski definition) is 2. The molecule has 0 aliphatic carbocycles. The van der Waals surface area contributed by atoms with Gasteiger partial charge in [-0.05, 0) is 38.6 Å². The molecule has 2 N–H and O–H groups in total. The van der Waals surface area contributed by atoms with E-state index in [0.29, 0.717) is 6.04 Å². The number of carbonyl (C=O) groups excluding carboxylic acids is 1. The monoisotopic (exact) mass is 212 g/mol. The highest BCUT2D eigenvalue weighted by Crippen LogP contribution is 2.09. The van der Waals surface area contributed by atoms with Crippen LogP contribution in [0.15, 0.2) is 0 Å². The van der Waals surface area contributed by atoms with Gasteiger partial charge in [-0.1, -0.05) is 13.8 Å². The summed E-state index contributed by atoms with van der Waals surface area (Å²) in [5, 5.41) is 6.47. The highest BCUT2D eigenvalue weighted by molar-refractivity contribution is 5.78. The fourth-order valence-corrected chi connectivity index (χ4v) is 2.18. The predicted molar refractivity (Wildman–Crippen MR) is 62.7 cm³/mol. The quantitative estimate of drug-likeness (QED) is 0.703. The highest BCUT2D eigenvalue weighted by Gasteiger charge is 2.16. The van der Waals surface area contributed by atoms with E-state index in [0.717, 1.165) is 32.4 Å². The van der Waals surface area contributed by atoms with Crippen LogP contribution in [0.1, 0.15) is 46.0 Å². The first kappa shape index (κ1) is 12.5. The largest absolute Gasteiger partial charge is 0.356 e. The third-order valence-corrected chi connectivity index (χ3v) is 3.31. The fourth-order valence-electron chi connectivity index (χ4n) is 2.18. The molecule has 1 saturated heterocycles. The van der Waals surface area contributed by atoms with Crippen LogP contribution in [0.3, 0.4) is 0 Å². The fraction of sp³-hybridized carbons (Fsp3) is 0.917. The van der Waals surface area contributed by atoms with Crippen molar-refractivity contribution < 1.29 is 4.79 Å². The van der Waals surface area contributed by atoms with Crippen molar-refractivity contribution in [1.29, 1.82) is 0 Å². The van der Waals surface area contributed by atoms with Crippen LogP contribution in [0, 0.1) is 5.92 Å². The standard InChI is InChI=1S/C12H24N2O/c1-3-10(4-2)12(15)14-9-7-11-6-5-8-13-11/h10-11,13H,3-9H2,1-2H3,(H,14,15). The van der Waals surface area contributed by atoms with E-state index in [1.54, 1.807) is 0 Å². The molecular weight excluding hydrogens is 188 g/mol. The first-order valence-corrected chi connectivity index (χ1v) is 6.29. The zero-order chi connectivity index (χ0) is 11.1. The van der Waals surface area contributed by atoms with Gasteiger partial charge in [0.25, 0.3) is 0 Å². The summed E-state index contributed by atoms with van der Waals surface area (Å²) < 4.78 is 0. The van der Waals surface area contributed by atoms with Crippen molar-refractivity contribution in [3.8, 4) is 0 Å². The molecule has 3 nitrogen and oxygen atoms in total. The highest BCUT2D eigenvalue weighted by atomic mass is 16.1. The lowest BCUT2D eigenvalue weighted by atomic mass is 10.0. The maximum Gasteiger partial charge on any atom is 0.223 e. The zero-order valence-corrected chi connectivity index (χ0v) is 10.0. The van der Waals surface area contributed by atoms with Crippen LogP contribution < -0.4 is 10.6 Å². The van der Waals surface area contributed by atoms with Crippen molar-refractivity contribution in [3.63, 3.8) is 0 Å². The van der Waals surface area contributed by atoms with Crippen LogP contribution in [0.25, 0.3) is 0 Å². The number of amides is 1. The second kappa shape index (κ2) is 6.83. The molecule has 0 spiro atoms. The van der Waals surface area contributed by atoms with Crippen molar-refractivity contribution in [2.24, 2.45) is 5.92 Å². The minimum atomic E-state index is 0.210. The summed E-state index contributed by atoms with van der Waals surface area (Å²) in [6.45, 7) is 6.12. The van der Waals surface area contributed by atoms with Gasteiger partial charge in [-0.2, -0.15) is 0 Å². The predicted octanol–water partition coefficient (Wildman–Crippen LogP) is 1.68. The summed E-state index contributed by atoms with van der Waals surface area (Å²) in [6, 6.07) is 0.631. The van der Waals surface area contributed by atoms with Crippen molar-refractivity contribution in [1.82, 2.24) is 10.6 Å². The smallest absolute Gasteiger partial charge is 0.223 e. The van der Waals surface area contributed by atoms with Gasteiger partial charge < -0.3 is 10.6 Å². The number of nitrogens with one attached hydrogen (secondary N) is 2.